The van der Waals surface area contributed by atoms with Crippen molar-refractivity contribution in [3.05, 3.63) is 71.8 Å². The van der Waals surface area contributed by atoms with Crippen LogP contribution in [-0.4, -0.2) is 35.1 Å². The lowest BCUT2D eigenvalue weighted by Gasteiger charge is -2.19. The first-order chi connectivity index (χ1) is 16.4. The summed E-state index contributed by atoms with van der Waals surface area (Å²) < 4.78 is 5.58. The number of carbonyl (C=O) groups excluding carboxylic acids is 4. The molecular weight excluding hydrogens is 432 g/mol. The number of anilines is 1. The Hall–Kier alpha value is -3.74. The molecule has 0 unspecified atom stereocenters. The number of esters is 1. The number of rotatable bonds is 5. The number of hydrogen-bond acceptors (Lipinski definition) is 5. The SMILES string of the molecule is Cc1cc(OC(=O)[C@@H]2CC(=O)N(Cc3ccccc3)C2)ccc1N1C(=O)[C@H]2CC=CC[C@@H]2C1=O. The first-order valence-electron chi connectivity index (χ1n) is 11.6. The second-order valence-corrected chi connectivity index (χ2v) is 9.20. The van der Waals surface area contributed by atoms with Crippen LogP contribution in [0.5, 0.6) is 5.75 Å². The van der Waals surface area contributed by atoms with Crippen LogP contribution >= 0.6 is 0 Å². The summed E-state index contributed by atoms with van der Waals surface area (Å²) in [5, 5.41) is 0. The highest BCUT2D eigenvalue weighted by molar-refractivity contribution is 6.22. The Balaban J connectivity index is 1.25. The van der Waals surface area contributed by atoms with Gasteiger partial charge in [0.2, 0.25) is 17.7 Å². The lowest BCUT2D eigenvalue weighted by atomic mass is 9.85. The van der Waals surface area contributed by atoms with Gasteiger partial charge in [0.1, 0.15) is 5.75 Å². The molecule has 2 aromatic rings. The molecule has 3 aliphatic rings. The zero-order valence-electron chi connectivity index (χ0n) is 19.0. The molecule has 0 radical (unpaired) electrons. The average Bonchev–Trinajstić information content (AvgIpc) is 3.32. The minimum absolute atomic E-state index is 0.0700. The number of nitrogens with zero attached hydrogens (tertiary/aromatic N) is 2. The summed E-state index contributed by atoms with van der Waals surface area (Å²) in [5.41, 5.74) is 2.21. The number of hydrogen-bond donors (Lipinski definition) is 0. The van der Waals surface area contributed by atoms with Gasteiger partial charge in [-0.05, 0) is 49.1 Å². The fourth-order valence-corrected chi connectivity index (χ4v) is 5.07. The number of benzene rings is 2. The zero-order chi connectivity index (χ0) is 23.8. The van der Waals surface area contributed by atoms with Crippen LogP contribution in [0.1, 0.15) is 30.4 Å². The second-order valence-electron chi connectivity index (χ2n) is 9.20. The van der Waals surface area contributed by atoms with Crippen LogP contribution in [0.3, 0.4) is 0 Å². The van der Waals surface area contributed by atoms with E-state index in [1.165, 1.54) is 4.90 Å². The topological polar surface area (TPSA) is 84.0 Å². The van der Waals surface area contributed by atoms with Crippen LogP contribution in [0.2, 0.25) is 0 Å². The molecule has 0 saturated carbocycles. The van der Waals surface area contributed by atoms with Gasteiger partial charge >= 0.3 is 5.97 Å². The van der Waals surface area contributed by atoms with Gasteiger partial charge in [-0.2, -0.15) is 0 Å². The molecule has 0 bridgehead atoms. The van der Waals surface area contributed by atoms with Crippen LogP contribution in [0.4, 0.5) is 5.69 Å². The molecule has 34 heavy (non-hydrogen) atoms. The van der Waals surface area contributed by atoms with Crippen LogP contribution in [0.25, 0.3) is 0 Å². The Labute approximate surface area is 198 Å². The smallest absolute Gasteiger partial charge is 0.316 e. The number of imide groups is 1. The first kappa shape index (κ1) is 22.1. The van der Waals surface area contributed by atoms with E-state index in [0.717, 1.165) is 5.56 Å². The van der Waals surface area contributed by atoms with Gasteiger partial charge in [-0.25, -0.2) is 4.90 Å². The van der Waals surface area contributed by atoms with Crippen molar-refractivity contribution in [2.75, 3.05) is 11.4 Å². The van der Waals surface area contributed by atoms with Crippen molar-refractivity contribution in [2.45, 2.75) is 32.7 Å². The van der Waals surface area contributed by atoms with Gasteiger partial charge in [0.15, 0.2) is 0 Å². The highest BCUT2D eigenvalue weighted by Crippen LogP contribution is 2.39. The predicted octanol–water partition coefficient (Wildman–Crippen LogP) is 3.40. The molecule has 5 rings (SSSR count). The minimum Gasteiger partial charge on any atom is -0.426 e. The maximum absolute atomic E-state index is 12.9. The third-order valence-electron chi connectivity index (χ3n) is 6.90. The second kappa shape index (κ2) is 8.89. The van der Waals surface area contributed by atoms with E-state index in [1.54, 1.807) is 30.0 Å². The van der Waals surface area contributed by atoms with Gasteiger partial charge in [0, 0.05) is 19.5 Å². The van der Waals surface area contributed by atoms with Crippen molar-refractivity contribution < 1.29 is 23.9 Å². The molecule has 1 aliphatic carbocycles. The maximum atomic E-state index is 12.9. The number of aryl methyl sites for hydroxylation is 1. The largest absolute Gasteiger partial charge is 0.426 e. The summed E-state index contributed by atoms with van der Waals surface area (Å²) in [6.07, 6.45) is 5.21. The van der Waals surface area contributed by atoms with Crippen molar-refractivity contribution in [3.8, 4) is 5.75 Å². The van der Waals surface area contributed by atoms with Gasteiger partial charge in [-0.3, -0.25) is 19.2 Å². The van der Waals surface area contributed by atoms with Crippen LogP contribution in [-0.2, 0) is 25.7 Å². The van der Waals surface area contributed by atoms with Crippen molar-refractivity contribution in [3.63, 3.8) is 0 Å². The normalized spacial score (nSPS) is 24.0. The summed E-state index contributed by atoms with van der Waals surface area (Å²) in [5.74, 6) is -1.67. The molecule has 0 aromatic heterocycles. The van der Waals surface area contributed by atoms with E-state index >= 15 is 0 Å². The zero-order valence-corrected chi connectivity index (χ0v) is 19.0. The van der Waals surface area contributed by atoms with Gasteiger partial charge in [0.05, 0.1) is 23.4 Å². The van der Waals surface area contributed by atoms with E-state index in [9.17, 15) is 19.2 Å². The van der Waals surface area contributed by atoms with E-state index in [2.05, 4.69) is 0 Å². The lowest BCUT2D eigenvalue weighted by Crippen LogP contribution is -2.31. The molecule has 3 amide bonds. The fourth-order valence-electron chi connectivity index (χ4n) is 5.07. The van der Waals surface area contributed by atoms with Crippen molar-refractivity contribution in [1.29, 1.82) is 0 Å². The number of allylic oxidation sites excluding steroid dienone is 2. The number of carbonyl (C=O) groups is 4. The highest BCUT2D eigenvalue weighted by atomic mass is 16.5. The number of likely N-dealkylation sites (tertiary alicyclic amines) is 1. The van der Waals surface area contributed by atoms with E-state index in [0.29, 0.717) is 42.9 Å². The Bertz CT molecular complexity index is 1160. The molecular formula is C27H26N2O5. The molecule has 2 aliphatic heterocycles. The minimum atomic E-state index is -0.534. The molecule has 2 saturated heterocycles. The third-order valence-corrected chi connectivity index (χ3v) is 6.90. The molecule has 0 N–H and O–H groups in total. The van der Waals surface area contributed by atoms with Crippen LogP contribution < -0.4 is 9.64 Å². The molecule has 0 spiro atoms. The Morgan fingerprint density at radius 2 is 1.65 bits per heavy atom. The Morgan fingerprint density at radius 3 is 2.29 bits per heavy atom. The maximum Gasteiger partial charge on any atom is 0.316 e. The van der Waals surface area contributed by atoms with Crippen LogP contribution in [0.15, 0.2) is 60.7 Å². The van der Waals surface area contributed by atoms with E-state index in [1.807, 2.05) is 42.5 Å². The average molecular weight is 459 g/mol. The molecule has 2 heterocycles. The van der Waals surface area contributed by atoms with E-state index < -0.39 is 11.9 Å². The molecule has 7 nitrogen and oxygen atoms in total. The molecule has 3 atom stereocenters. The quantitative estimate of drug-likeness (QED) is 0.297. The standard InChI is InChI=1S/C27H26N2O5/c1-17-13-20(11-12-23(17)29-25(31)21-9-5-6-10-22(21)26(29)32)34-27(33)19-14-24(30)28(16-19)15-18-7-3-2-4-8-18/h2-8,11-13,19,21-22H,9-10,14-16H2,1H3/t19-,21+,22+/m1/s1. The molecule has 2 aromatic carbocycles. The predicted molar refractivity (Wildman–Crippen MR) is 125 cm³/mol. The third kappa shape index (κ3) is 4.02. The summed E-state index contributed by atoms with van der Waals surface area (Å²) in [6.45, 7) is 2.57. The molecule has 174 valence electrons. The van der Waals surface area contributed by atoms with Gasteiger partial charge in [-0.1, -0.05) is 42.5 Å². The van der Waals surface area contributed by atoms with Gasteiger partial charge < -0.3 is 9.64 Å². The number of amides is 3. The van der Waals surface area contributed by atoms with Gasteiger partial charge in [-0.15, -0.1) is 0 Å². The molecule has 2 fully saturated rings. The monoisotopic (exact) mass is 458 g/mol. The molecule has 7 heteroatoms. The lowest BCUT2D eigenvalue weighted by molar-refractivity contribution is -0.139. The summed E-state index contributed by atoms with van der Waals surface area (Å²) in [7, 11) is 0. The Kier molecular flexibility index (Phi) is 5.77. The number of fused-ring (bicyclic) bond motifs is 1. The highest BCUT2D eigenvalue weighted by Gasteiger charge is 2.48. The summed E-state index contributed by atoms with van der Waals surface area (Å²) in [6, 6.07) is 14.6. The van der Waals surface area contributed by atoms with E-state index in [-0.39, 0.29) is 36.0 Å². The summed E-state index contributed by atoms with van der Waals surface area (Å²) >= 11 is 0. The Morgan fingerprint density at radius 1 is 0.971 bits per heavy atom. The van der Waals surface area contributed by atoms with Crippen molar-refractivity contribution in [1.82, 2.24) is 4.90 Å². The number of ether oxygens (including phenoxy) is 1. The first-order valence-corrected chi connectivity index (χ1v) is 11.6. The van der Waals surface area contributed by atoms with Gasteiger partial charge in [0.25, 0.3) is 0 Å². The van der Waals surface area contributed by atoms with Crippen molar-refractivity contribution >= 4 is 29.4 Å². The van der Waals surface area contributed by atoms with Crippen molar-refractivity contribution in [2.24, 2.45) is 17.8 Å². The van der Waals surface area contributed by atoms with E-state index in [4.69, 9.17) is 4.74 Å². The fraction of sp³-hybridized carbons (Fsp3) is 0.333. The summed E-state index contributed by atoms with van der Waals surface area (Å²) in [4.78, 5) is 53.9. The van der Waals surface area contributed by atoms with Crippen LogP contribution in [0, 0.1) is 24.7 Å².